The van der Waals surface area contributed by atoms with Gasteiger partial charge in [-0.25, -0.2) is 0 Å². The van der Waals surface area contributed by atoms with Gasteiger partial charge in [0.2, 0.25) is 0 Å². The van der Waals surface area contributed by atoms with E-state index in [-0.39, 0.29) is 12.5 Å². The zero-order valence-corrected chi connectivity index (χ0v) is 8.96. The number of benzene rings is 1. The standard InChI is InChI=1S/C12H19NO/c1-9-3-4-11(5-10(9)2)6-12(7-13)8-14/h3-5,12,14H,6-8,13H2,1-2H3/t12-/m0/s1. The van der Waals surface area contributed by atoms with E-state index >= 15 is 0 Å². The molecule has 0 bridgehead atoms. The fourth-order valence-electron chi connectivity index (χ4n) is 1.49. The number of nitrogens with two attached hydrogens (primary N) is 1. The number of hydrogen-bond acceptors (Lipinski definition) is 2. The average Bonchev–Trinajstić information content (AvgIpc) is 2.19. The van der Waals surface area contributed by atoms with E-state index < -0.39 is 0 Å². The van der Waals surface area contributed by atoms with Gasteiger partial charge in [-0.15, -0.1) is 0 Å². The zero-order chi connectivity index (χ0) is 10.6. The monoisotopic (exact) mass is 193 g/mol. The van der Waals surface area contributed by atoms with Crippen LogP contribution in [0.1, 0.15) is 16.7 Å². The molecule has 1 rings (SSSR count). The van der Waals surface area contributed by atoms with Crippen LogP contribution in [0.5, 0.6) is 0 Å². The highest BCUT2D eigenvalue weighted by molar-refractivity contribution is 5.30. The molecule has 0 fully saturated rings. The lowest BCUT2D eigenvalue weighted by Crippen LogP contribution is -2.20. The third kappa shape index (κ3) is 2.82. The van der Waals surface area contributed by atoms with Crippen molar-refractivity contribution >= 4 is 0 Å². The van der Waals surface area contributed by atoms with Crippen molar-refractivity contribution in [2.45, 2.75) is 20.3 Å². The van der Waals surface area contributed by atoms with Crippen LogP contribution in [0.4, 0.5) is 0 Å². The molecule has 0 aliphatic carbocycles. The van der Waals surface area contributed by atoms with Gasteiger partial charge in [-0.05, 0) is 49.4 Å². The summed E-state index contributed by atoms with van der Waals surface area (Å²) in [7, 11) is 0. The quantitative estimate of drug-likeness (QED) is 0.759. The molecule has 78 valence electrons. The van der Waals surface area contributed by atoms with Crippen LogP contribution in [-0.4, -0.2) is 18.3 Å². The molecule has 14 heavy (non-hydrogen) atoms. The van der Waals surface area contributed by atoms with Crippen LogP contribution >= 0.6 is 0 Å². The molecular weight excluding hydrogens is 174 g/mol. The Balaban J connectivity index is 2.72. The van der Waals surface area contributed by atoms with Crippen LogP contribution in [0.2, 0.25) is 0 Å². The minimum absolute atomic E-state index is 0.170. The van der Waals surface area contributed by atoms with E-state index in [2.05, 4.69) is 32.0 Å². The molecule has 0 heterocycles. The Morgan fingerprint density at radius 1 is 1.29 bits per heavy atom. The van der Waals surface area contributed by atoms with Gasteiger partial charge in [0.05, 0.1) is 0 Å². The van der Waals surface area contributed by atoms with Crippen molar-refractivity contribution in [2.24, 2.45) is 11.7 Å². The predicted molar refractivity (Wildman–Crippen MR) is 59.3 cm³/mol. The minimum Gasteiger partial charge on any atom is -0.396 e. The highest BCUT2D eigenvalue weighted by atomic mass is 16.3. The van der Waals surface area contributed by atoms with E-state index in [9.17, 15) is 0 Å². The van der Waals surface area contributed by atoms with Gasteiger partial charge in [-0.2, -0.15) is 0 Å². The lowest BCUT2D eigenvalue weighted by Gasteiger charge is -2.12. The highest BCUT2D eigenvalue weighted by Crippen LogP contribution is 2.13. The molecule has 0 amide bonds. The second-order valence-corrected chi connectivity index (χ2v) is 3.91. The fraction of sp³-hybridized carbons (Fsp3) is 0.500. The van der Waals surface area contributed by atoms with Gasteiger partial charge in [0, 0.05) is 6.61 Å². The van der Waals surface area contributed by atoms with Crippen LogP contribution in [0.25, 0.3) is 0 Å². The Kier molecular flexibility index (Phi) is 4.11. The Labute approximate surface area is 85.8 Å². The number of hydrogen-bond donors (Lipinski definition) is 2. The van der Waals surface area contributed by atoms with Crippen LogP contribution < -0.4 is 5.73 Å². The van der Waals surface area contributed by atoms with Crippen LogP contribution in [0.3, 0.4) is 0 Å². The summed E-state index contributed by atoms with van der Waals surface area (Å²) >= 11 is 0. The molecule has 0 saturated heterocycles. The molecule has 1 aromatic rings. The molecule has 0 unspecified atom stereocenters. The maximum absolute atomic E-state index is 9.03. The van der Waals surface area contributed by atoms with Crippen molar-refractivity contribution in [1.29, 1.82) is 0 Å². The van der Waals surface area contributed by atoms with E-state index in [0.717, 1.165) is 6.42 Å². The molecule has 3 N–H and O–H groups in total. The minimum atomic E-state index is 0.170. The first kappa shape index (κ1) is 11.2. The largest absolute Gasteiger partial charge is 0.396 e. The van der Waals surface area contributed by atoms with Crippen molar-refractivity contribution in [3.8, 4) is 0 Å². The van der Waals surface area contributed by atoms with E-state index in [1.54, 1.807) is 0 Å². The number of aliphatic hydroxyl groups excluding tert-OH is 1. The van der Waals surface area contributed by atoms with Crippen LogP contribution in [0.15, 0.2) is 18.2 Å². The maximum atomic E-state index is 9.03. The van der Waals surface area contributed by atoms with Gasteiger partial charge in [-0.3, -0.25) is 0 Å². The molecule has 0 aromatic heterocycles. The summed E-state index contributed by atoms with van der Waals surface area (Å²) in [6, 6.07) is 6.41. The lowest BCUT2D eigenvalue weighted by molar-refractivity contribution is 0.230. The molecule has 0 spiro atoms. The van der Waals surface area contributed by atoms with Crippen LogP contribution in [0, 0.1) is 19.8 Å². The van der Waals surface area contributed by atoms with Gasteiger partial charge in [0.25, 0.3) is 0 Å². The Morgan fingerprint density at radius 2 is 2.00 bits per heavy atom. The molecule has 0 aliphatic heterocycles. The molecule has 1 atom stereocenters. The van der Waals surface area contributed by atoms with Gasteiger partial charge in [0.1, 0.15) is 0 Å². The number of aliphatic hydroxyl groups is 1. The summed E-state index contributed by atoms with van der Waals surface area (Å²) in [5, 5.41) is 9.03. The molecule has 2 nitrogen and oxygen atoms in total. The summed E-state index contributed by atoms with van der Waals surface area (Å²) in [6.07, 6.45) is 0.869. The Morgan fingerprint density at radius 3 is 2.50 bits per heavy atom. The molecular formula is C12H19NO. The van der Waals surface area contributed by atoms with Gasteiger partial charge in [0.15, 0.2) is 0 Å². The first-order valence-corrected chi connectivity index (χ1v) is 5.04. The van der Waals surface area contributed by atoms with Crippen molar-refractivity contribution in [2.75, 3.05) is 13.2 Å². The van der Waals surface area contributed by atoms with Crippen molar-refractivity contribution < 1.29 is 5.11 Å². The zero-order valence-electron chi connectivity index (χ0n) is 8.96. The van der Waals surface area contributed by atoms with E-state index in [0.29, 0.717) is 6.54 Å². The maximum Gasteiger partial charge on any atom is 0.0474 e. The average molecular weight is 193 g/mol. The molecule has 2 heteroatoms. The van der Waals surface area contributed by atoms with E-state index in [1.807, 2.05) is 0 Å². The Bertz CT molecular complexity index is 292. The molecule has 0 saturated carbocycles. The summed E-state index contributed by atoms with van der Waals surface area (Å²) in [5.41, 5.74) is 9.41. The van der Waals surface area contributed by atoms with E-state index in [4.69, 9.17) is 10.8 Å². The normalized spacial score (nSPS) is 12.9. The predicted octanol–water partition coefficient (Wildman–Crippen LogP) is 1.41. The second-order valence-electron chi connectivity index (χ2n) is 3.91. The summed E-state index contributed by atoms with van der Waals surface area (Å²) < 4.78 is 0. The van der Waals surface area contributed by atoms with Crippen LogP contribution in [-0.2, 0) is 6.42 Å². The lowest BCUT2D eigenvalue weighted by atomic mass is 9.97. The summed E-state index contributed by atoms with van der Waals surface area (Å²) in [6.45, 7) is 4.92. The first-order chi connectivity index (χ1) is 6.67. The second kappa shape index (κ2) is 5.13. The van der Waals surface area contributed by atoms with Gasteiger partial charge < -0.3 is 10.8 Å². The topological polar surface area (TPSA) is 46.2 Å². The van der Waals surface area contributed by atoms with Gasteiger partial charge in [-0.1, -0.05) is 18.2 Å². The Hall–Kier alpha value is -0.860. The molecule has 1 aromatic carbocycles. The first-order valence-electron chi connectivity index (χ1n) is 5.04. The van der Waals surface area contributed by atoms with Crippen molar-refractivity contribution in [3.63, 3.8) is 0 Å². The third-order valence-corrected chi connectivity index (χ3v) is 2.69. The van der Waals surface area contributed by atoms with E-state index in [1.165, 1.54) is 16.7 Å². The van der Waals surface area contributed by atoms with Crippen molar-refractivity contribution in [3.05, 3.63) is 34.9 Å². The summed E-state index contributed by atoms with van der Waals surface area (Å²) in [5.74, 6) is 0.192. The SMILES string of the molecule is Cc1ccc(C[C@@H](CN)CO)cc1C. The fourth-order valence-corrected chi connectivity index (χ4v) is 1.49. The van der Waals surface area contributed by atoms with Crippen molar-refractivity contribution in [1.82, 2.24) is 0 Å². The highest BCUT2D eigenvalue weighted by Gasteiger charge is 2.06. The molecule has 0 aliphatic rings. The smallest absolute Gasteiger partial charge is 0.0474 e. The molecule has 0 radical (unpaired) electrons. The third-order valence-electron chi connectivity index (χ3n) is 2.69. The summed E-state index contributed by atoms with van der Waals surface area (Å²) in [4.78, 5) is 0. The van der Waals surface area contributed by atoms with Gasteiger partial charge >= 0.3 is 0 Å². The number of aryl methyl sites for hydroxylation is 2. The number of rotatable bonds is 4.